The maximum Gasteiger partial charge on any atom is 0.214 e. The molecule has 140 valence electrons. The number of hydrogen-bond acceptors (Lipinski definition) is 3. The van der Waals surface area contributed by atoms with Gasteiger partial charge in [-0.2, -0.15) is 0 Å². The number of aryl methyl sites for hydroxylation is 1. The number of oxazole rings is 1. The van der Waals surface area contributed by atoms with E-state index in [0.29, 0.717) is 18.4 Å². The summed E-state index contributed by atoms with van der Waals surface area (Å²) in [7, 11) is 1.76. The minimum atomic E-state index is 0.389. The Hall–Kier alpha value is -3.08. The minimum absolute atomic E-state index is 0.389. The molecule has 0 aliphatic rings. The van der Waals surface area contributed by atoms with Crippen LogP contribution in [0.5, 0.6) is 0 Å². The quantitative estimate of drug-likeness (QED) is 0.511. The maximum absolute atomic E-state index is 5.84. The molecule has 0 bridgehead atoms. The molecule has 2 N–H and O–H groups in total. The summed E-state index contributed by atoms with van der Waals surface area (Å²) in [5.41, 5.74) is 3.55. The molecule has 0 saturated carbocycles. The first-order valence-electron chi connectivity index (χ1n) is 9.17. The van der Waals surface area contributed by atoms with Gasteiger partial charge in [-0.15, -0.1) is 0 Å². The van der Waals surface area contributed by atoms with Gasteiger partial charge in [0.25, 0.3) is 0 Å². The lowest BCUT2D eigenvalue weighted by molar-refractivity contribution is 0.497. The SMILES string of the molecule is CN=C(NCc1ncc(-c2ccc(C)cc2)o1)NCC(C)c1ccccc1. The van der Waals surface area contributed by atoms with Gasteiger partial charge >= 0.3 is 0 Å². The Morgan fingerprint density at radius 2 is 1.81 bits per heavy atom. The van der Waals surface area contributed by atoms with E-state index in [0.717, 1.165) is 23.8 Å². The highest BCUT2D eigenvalue weighted by Crippen LogP contribution is 2.20. The van der Waals surface area contributed by atoms with Gasteiger partial charge in [0.15, 0.2) is 11.7 Å². The van der Waals surface area contributed by atoms with E-state index in [2.05, 4.69) is 70.9 Å². The lowest BCUT2D eigenvalue weighted by Crippen LogP contribution is -2.38. The molecule has 0 aliphatic carbocycles. The van der Waals surface area contributed by atoms with E-state index < -0.39 is 0 Å². The number of hydrogen-bond donors (Lipinski definition) is 2. The zero-order valence-electron chi connectivity index (χ0n) is 16.1. The molecular formula is C22H26N4O. The summed E-state index contributed by atoms with van der Waals surface area (Å²) in [6.07, 6.45) is 1.76. The Bertz CT molecular complexity index is 869. The normalized spacial score (nSPS) is 12.6. The molecule has 1 heterocycles. The van der Waals surface area contributed by atoms with Gasteiger partial charge in [0, 0.05) is 19.2 Å². The predicted molar refractivity (Wildman–Crippen MR) is 110 cm³/mol. The zero-order valence-corrected chi connectivity index (χ0v) is 16.1. The standard InChI is InChI=1S/C22H26N4O/c1-16-9-11-19(12-10-16)20-14-24-21(27-20)15-26-22(23-3)25-13-17(2)18-7-5-4-6-8-18/h4-12,14,17H,13,15H2,1-3H3,(H2,23,25,26). The van der Waals surface area contributed by atoms with Crippen LogP contribution < -0.4 is 10.6 Å². The lowest BCUT2D eigenvalue weighted by Gasteiger charge is -2.15. The van der Waals surface area contributed by atoms with Gasteiger partial charge in [0.1, 0.15) is 0 Å². The highest BCUT2D eigenvalue weighted by Gasteiger charge is 2.09. The van der Waals surface area contributed by atoms with Gasteiger partial charge in [0.05, 0.1) is 12.7 Å². The molecule has 1 aromatic heterocycles. The van der Waals surface area contributed by atoms with Crippen molar-refractivity contribution in [1.29, 1.82) is 0 Å². The van der Waals surface area contributed by atoms with Crippen LogP contribution in [0.4, 0.5) is 0 Å². The van der Waals surface area contributed by atoms with Crippen LogP contribution in [-0.4, -0.2) is 24.5 Å². The van der Waals surface area contributed by atoms with Crippen LogP contribution in [0.25, 0.3) is 11.3 Å². The number of rotatable bonds is 6. The summed E-state index contributed by atoms with van der Waals surface area (Å²) in [4.78, 5) is 8.62. The van der Waals surface area contributed by atoms with E-state index in [-0.39, 0.29) is 0 Å². The summed E-state index contributed by atoms with van der Waals surface area (Å²) < 4.78 is 5.84. The van der Waals surface area contributed by atoms with Gasteiger partial charge in [-0.3, -0.25) is 4.99 Å². The molecule has 5 heteroatoms. The van der Waals surface area contributed by atoms with Crippen molar-refractivity contribution < 1.29 is 4.42 Å². The van der Waals surface area contributed by atoms with E-state index in [1.165, 1.54) is 11.1 Å². The van der Waals surface area contributed by atoms with Crippen molar-refractivity contribution >= 4 is 5.96 Å². The van der Waals surface area contributed by atoms with Crippen molar-refractivity contribution in [2.75, 3.05) is 13.6 Å². The molecule has 0 fully saturated rings. The average Bonchev–Trinajstić information content (AvgIpc) is 3.18. The molecule has 5 nitrogen and oxygen atoms in total. The van der Waals surface area contributed by atoms with E-state index in [9.17, 15) is 0 Å². The predicted octanol–water partition coefficient (Wildman–Crippen LogP) is 4.12. The van der Waals surface area contributed by atoms with Gasteiger partial charge in [-0.05, 0) is 18.4 Å². The van der Waals surface area contributed by atoms with Crippen LogP contribution in [0.3, 0.4) is 0 Å². The Labute approximate surface area is 160 Å². The minimum Gasteiger partial charge on any atom is -0.439 e. The first-order valence-corrected chi connectivity index (χ1v) is 9.17. The van der Waals surface area contributed by atoms with E-state index in [4.69, 9.17) is 4.42 Å². The molecule has 0 aliphatic heterocycles. The number of nitrogens with one attached hydrogen (secondary N) is 2. The van der Waals surface area contributed by atoms with Crippen molar-refractivity contribution in [3.05, 3.63) is 77.8 Å². The summed E-state index contributed by atoms with van der Waals surface area (Å²) >= 11 is 0. The van der Waals surface area contributed by atoms with Crippen LogP contribution in [-0.2, 0) is 6.54 Å². The second kappa shape index (κ2) is 9.03. The summed E-state index contributed by atoms with van der Waals surface area (Å²) in [6.45, 7) is 5.53. The van der Waals surface area contributed by atoms with Crippen molar-refractivity contribution in [1.82, 2.24) is 15.6 Å². The van der Waals surface area contributed by atoms with Crippen LogP contribution in [0.2, 0.25) is 0 Å². The average molecular weight is 362 g/mol. The molecule has 3 rings (SSSR count). The van der Waals surface area contributed by atoms with Crippen molar-refractivity contribution in [3.8, 4) is 11.3 Å². The van der Waals surface area contributed by atoms with Gasteiger partial charge in [-0.1, -0.05) is 67.1 Å². The maximum atomic E-state index is 5.84. The van der Waals surface area contributed by atoms with Crippen LogP contribution in [0.15, 0.2) is 70.2 Å². The molecule has 27 heavy (non-hydrogen) atoms. The fourth-order valence-electron chi connectivity index (χ4n) is 2.77. The lowest BCUT2D eigenvalue weighted by atomic mass is 10.0. The molecule has 0 saturated heterocycles. The second-order valence-corrected chi connectivity index (χ2v) is 6.60. The third kappa shape index (κ3) is 5.20. The fraction of sp³-hybridized carbons (Fsp3) is 0.273. The van der Waals surface area contributed by atoms with Crippen molar-refractivity contribution in [2.45, 2.75) is 26.3 Å². The summed E-state index contributed by atoms with van der Waals surface area (Å²) in [5, 5.41) is 6.60. The third-order valence-corrected chi connectivity index (χ3v) is 4.46. The second-order valence-electron chi connectivity index (χ2n) is 6.60. The molecule has 1 atom stereocenters. The topological polar surface area (TPSA) is 62.5 Å². The van der Waals surface area contributed by atoms with Crippen molar-refractivity contribution in [3.63, 3.8) is 0 Å². The molecule has 0 amide bonds. The highest BCUT2D eigenvalue weighted by molar-refractivity contribution is 5.79. The van der Waals surface area contributed by atoms with Crippen molar-refractivity contribution in [2.24, 2.45) is 4.99 Å². The van der Waals surface area contributed by atoms with Crippen LogP contribution in [0, 0.1) is 6.92 Å². The summed E-state index contributed by atoms with van der Waals surface area (Å²) in [6, 6.07) is 18.7. The fourth-order valence-corrected chi connectivity index (χ4v) is 2.77. The monoisotopic (exact) mass is 362 g/mol. The number of aromatic nitrogens is 1. The first-order chi connectivity index (χ1) is 13.2. The molecule has 2 aromatic carbocycles. The Morgan fingerprint density at radius 1 is 1.07 bits per heavy atom. The summed E-state index contributed by atoms with van der Waals surface area (Å²) in [5.74, 6) is 2.52. The third-order valence-electron chi connectivity index (χ3n) is 4.46. The molecule has 0 spiro atoms. The number of guanidine groups is 1. The highest BCUT2D eigenvalue weighted by atomic mass is 16.4. The van der Waals surface area contributed by atoms with E-state index in [1.807, 2.05) is 18.2 Å². The van der Waals surface area contributed by atoms with E-state index in [1.54, 1.807) is 13.2 Å². The molecule has 0 radical (unpaired) electrons. The largest absolute Gasteiger partial charge is 0.439 e. The Morgan fingerprint density at radius 3 is 2.52 bits per heavy atom. The van der Waals surface area contributed by atoms with Crippen LogP contribution in [0.1, 0.15) is 29.9 Å². The number of aliphatic imine (C=N–C) groups is 1. The Kier molecular flexibility index (Phi) is 6.26. The molecular weight excluding hydrogens is 336 g/mol. The molecule has 3 aromatic rings. The number of benzene rings is 2. The van der Waals surface area contributed by atoms with Gasteiger partial charge in [0.2, 0.25) is 5.89 Å². The molecule has 1 unspecified atom stereocenters. The first kappa shape index (κ1) is 18.7. The van der Waals surface area contributed by atoms with Gasteiger partial charge < -0.3 is 15.1 Å². The Balaban J connectivity index is 1.52. The zero-order chi connectivity index (χ0) is 19.1. The van der Waals surface area contributed by atoms with E-state index >= 15 is 0 Å². The smallest absolute Gasteiger partial charge is 0.214 e. The van der Waals surface area contributed by atoms with Crippen LogP contribution >= 0.6 is 0 Å². The number of nitrogens with zero attached hydrogens (tertiary/aromatic N) is 2. The van der Waals surface area contributed by atoms with Gasteiger partial charge in [-0.25, -0.2) is 4.98 Å².